The van der Waals surface area contributed by atoms with E-state index in [2.05, 4.69) is 20.3 Å². The maximum Gasteiger partial charge on any atom is 0.416 e. The second-order valence-corrected chi connectivity index (χ2v) is 11.1. The molecular weight excluding hydrogens is 521 g/mol. The minimum Gasteiger partial charge on any atom is -0.469 e. The summed E-state index contributed by atoms with van der Waals surface area (Å²) in [6, 6.07) is 5.28. The molecule has 8 nitrogen and oxygen atoms in total. The number of aromatic nitrogens is 3. The molecule has 0 amide bonds. The summed E-state index contributed by atoms with van der Waals surface area (Å²) in [5.41, 5.74) is -1.29. The van der Waals surface area contributed by atoms with E-state index >= 15 is 0 Å². The fraction of sp³-hybridized carbons (Fsp3) is 0.462. The van der Waals surface area contributed by atoms with Crippen LogP contribution in [0.5, 0.6) is 0 Å². The van der Waals surface area contributed by atoms with Crippen LogP contribution in [-0.4, -0.2) is 40.2 Å². The van der Waals surface area contributed by atoms with E-state index < -0.39 is 22.8 Å². The fourth-order valence-corrected chi connectivity index (χ4v) is 5.93. The normalized spacial score (nSPS) is 21.2. The second kappa shape index (κ2) is 10.6. The first kappa shape index (κ1) is 27.9. The van der Waals surface area contributed by atoms with Crippen LogP contribution >= 0.6 is 11.3 Å². The largest absolute Gasteiger partial charge is 0.469 e. The molecule has 38 heavy (non-hydrogen) atoms. The van der Waals surface area contributed by atoms with Crippen LogP contribution in [-0.2, 0) is 32.7 Å². The number of nitrogens with one attached hydrogen (secondary N) is 1. The summed E-state index contributed by atoms with van der Waals surface area (Å²) in [5.74, 6) is -0.324. The number of alkyl halides is 3. The molecule has 3 heterocycles. The summed E-state index contributed by atoms with van der Waals surface area (Å²) >= 11 is 1.28. The van der Waals surface area contributed by atoms with Crippen LogP contribution in [0.4, 0.5) is 24.8 Å². The summed E-state index contributed by atoms with van der Waals surface area (Å²) in [7, 11) is 2.90. The van der Waals surface area contributed by atoms with Gasteiger partial charge in [-0.2, -0.15) is 13.2 Å². The Labute approximate surface area is 222 Å². The van der Waals surface area contributed by atoms with Gasteiger partial charge in [-0.15, -0.1) is 11.3 Å². The predicted octanol–water partition coefficient (Wildman–Crippen LogP) is 5.70. The van der Waals surface area contributed by atoms with Crippen LogP contribution in [0.25, 0.3) is 10.6 Å². The van der Waals surface area contributed by atoms with Gasteiger partial charge in [-0.3, -0.25) is 4.79 Å². The van der Waals surface area contributed by atoms with Crippen LogP contribution in [0.15, 0.2) is 36.7 Å². The number of carbonyl (C=O) groups excluding carboxylic acids is 1. The second-order valence-electron chi connectivity index (χ2n) is 10.1. The van der Waals surface area contributed by atoms with E-state index in [1.165, 1.54) is 25.6 Å². The topological polar surface area (TPSA) is 106 Å². The number of halogens is 3. The minimum atomic E-state index is -4.50. The maximum absolute atomic E-state index is 13.1. The van der Waals surface area contributed by atoms with E-state index in [1.807, 2.05) is 13.8 Å². The van der Waals surface area contributed by atoms with Crippen molar-refractivity contribution in [2.24, 2.45) is 11.3 Å². The van der Waals surface area contributed by atoms with Gasteiger partial charge >= 0.3 is 12.1 Å². The van der Waals surface area contributed by atoms with E-state index in [1.54, 1.807) is 18.3 Å². The molecular formula is C26H29F3N4O4S. The van der Waals surface area contributed by atoms with Crippen LogP contribution < -0.4 is 5.32 Å². The number of pyridine rings is 2. The molecule has 0 spiro atoms. The zero-order valence-corrected chi connectivity index (χ0v) is 22.2. The molecule has 0 aliphatic heterocycles. The summed E-state index contributed by atoms with van der Waals surface area (Å²) < 4.78 is 49.6. The van der Waals surface area contributed by atoms with E-state index in [9.17, 15) is 23.1 Å². The third-order valence-corrected chi connectivity index (χ3v) is 7.93. The molecule has 2 atom stereocenters. The van der Waals surface area contributed by atoms with Crippen molar-refractivity contribution >= 4 is 28.9 Å². The number of esters is 1. The van der Waals surface area contributed by atoms with E-state index in [0.29, 0.717) is 34.8 Å². The zero-order chi connectivity index (χ0) is 27.7. The van der Waals surface area contributed by atoms with Gasteiger partial charge in [0, 0.05) is 19.5 Å². The first-order valence-electron chi connectivity index (χ1n) is 11.9. The quantitative estimate of drug-likeness (QED) is 0.361. The standard InChI is InChI=1S/C26H29F3N4O4S/c1-24(2)14-25(35,7-5-17(24)22(34)37-4)23-31-12-19(38-23)18-9-15(13-36-3)10-21(32-18)33-20-11-16(6-8-30-20)26(27,28)29/h6,8-12,17,35H,5,7,13-14H2,1-4H3,(H,30,32,33). The molecule has 1 fully saturated rings. The molecule has 0 radical (unpaired) electrons. The highest BCUT2D eigenvalue weighted by Gasteiger charge is 2.49. The number of nitrogens with zero attached hydrogens (tertiary/aromatic N) is 3. The van der Waals surface area contributed by atoms with Gasteiger partial charge < -0.3 is 19.9 Å². The van der Waals surface area contributed by atoms with Crippen molar-refractivity contribution < 1.29 is 32.5 Å². The van der Waals surface area contributed by atoms with Gasteiger partial charge in [0.25, 0.3) is 0 Å². The van der Waals surface area contributed by atoms with Gasteiger partial charge in [-0.25, -0.2) is 15.0 Å². The first-order chi connectivity index (χ1) is 17.8. The highest BCUT2D eigenvalue weighted by molar-refractivity contribution is 7.15. The fourth-order valence-electron chi connectivity index (χ4n) is 4.94. The molecule has 0 aromatic carbocycles. The Morgan fingerprint density at radius 3 is 2.63 bits per heavy atom. The number of carbonyl (C=O) groups is 1. The Kier molecular flexibility index (Phi) is 7.78. The average molecular weight is 551 g/mol. The van der Waals surface area contributed by atoms with Gasteiger partial charge in [0.2, 0.25) is 0 Å². The van der Waals surface area contributed by atoms with Crippen molar-refractivity contribution in [3.8, 4) is 10.6 Å². The van der Waals surface area contributed by atoms with E-state index in [-0.39, 0.29) is 30.1 Å². The third kappa shape index (κ3) is 5.97. The summed E-state index contributed by atoms with van der Waals surface area (Å²) in [6.45, 7) is 4.12. The van der Waals surface area contributed by atoms with Crippen LogP contribution in [0, 0.1) is 11.3 Å². The number of ether oxygens (including phenoxy) is 2. The number of aliphatic hydroxyl groups is 1. The molecule has 3 aromatic rings. The molecule has 0 bridgehead atoms. The molecule has 12 heteroatoms. The number of thiazole rings is 1. The number of methoxy groups -OCH3 is 2. The van der Waals surface area contributed by atoms with Crippen LogP contribution in [0.1, 0.15) is 49.2 Å². The zero-order valence-electron chi connectivity index (χ0n) is 21.4. The lowest BCUT2D eigenvalue weighted by molar-refractivity contribution is -0.157. The molecule has 1 aliphatic rings. The third-order valence-electron chi connectivity index (χ3n) is 6.72. The lowest BCUT2D eigenvalue weighted by atomic mass is 9.63. The molecule has 2 N–H and O–H groups in total. The first-order valence-corrected chi connectivity index (χ1v) is 12.7. The van der Waals surface area contributed by atoms with Crippen molar-refractivity contribution in [2.75, 3.05) is 19.5 Å². The maximum atomic E-state index is 13.1. The monoisotopic (exact) mass is 550 g/mol. The van der Waals surface area contributed by atoms with Crippen LogP contribution in [0.2, 0.25) is 0 Å². The van der Waals surface area contributed by atoms with Gasteiger partial charge in [-0.1, -0.05) is 13.8 Å². The highest BCUT2D eigenvalue weighted by atomic mass is 32.1. The molecule has 0 saturated heterocycles. The molecule has 1 aliphatic carbocycles. The average Bonchev–Trinajstić information content (AvgIpc) is 3.34. The summed E-state index contributed by atoms with van der Waals surface area (Å²) in [6.07, 6.45) is -0.656. The Morgan fingerprint density at radius 2 is 1.97 bits per heavy atom. The Balaban J connectivity index is 1.62. The molecule has 204 valence electrons. The Hall–Kier alpha value is -3.09. The Bertz CT molecular complexity index is 1310. The van der Waals surface area contributed by atoms with Crippen molar-refractivity contribution in [1.82, 2.24) is 15.0 Å². The summed E-state index contributed by atoms with van der Waals surface area (Å²) in [5, 5.41) is 14.9. The van der Waals surface area contributed by atoms with Crippen molar-refractivity contribution in [1.29, 1.82) is 0 Å². The molecule has 4 rings (SSSR count). The number of hydrogen-bond acceptors (Lipinski definition) is 9. The van der Waals surface area contributed by atoms with Crippen molar-refractivity contribution in [3.63, 3.8) is 0 Å². The lowest BCUT2D eigenvalue weighted by Gasteiger charge is -2.44. The van der Waals surface area contributed by atoms with E-state index in [4.69, 9.17) is 9.47 Å². The number of hydrogen-bond donors (Lipinski definition) is 2. The molecule has 3 aromatic heterocycles. The predicted molar refractivity (Wildman–Crippen MR) is 136 cm³/mol. The Morgan fingerprint density at radius 1 is 1.21 bits per heavy atom. The summed E-state index contributed by atoms with van der Waals surface area (Å²) in [4.78, 5) is 25.9. The highest BCUT2D eigenvalue weighted by Crippen LogP contribution is 2.51. The van der Waals surface area contributed by atoms with Crippen molar-refractivity contribution in [2.45, 2.75) is 51.5 Å². The number of anilines is 2. The molecule has 1 saturated carbocycles. The van der Waals surface area contributed by atoms with E-state index in [0.717, 1.165) is 23.9 Å². The lowest BCUT2D eigenvalue weighted by Crippen LogP contribution is -2.45. The minimum absolute atomic E-state index is 0.00302. The van der Waals surface area contributed by atoms with Gasteiger partial charge in [0.1, 0.15) is 22.2 Å². The molecule has 2 unspecified atom stereocenters. The smallest absolute Gasteiger partial charge is 0.416 e. The van der Waals surface area contributed by atoms with Gasteiger partial charge in [0.05, 0.1) is 35.8 Å². The number of rotatable bonds is 7. The van der Waals surface area contributed by atoms with Gasteiger partial charge in [0.15, 0.2) is 0 Å². The van der Waals surface area contributed by atoms with Crippen LogP contribution in [0.3, 0.4) is 0 Å². The SMILES string of the molecule is COCc1cc(Nc2cc(C(F)(F)F)ccn2)nc(-c2cnc(C3(O)CCC(C(=O)OC)C(C)(C)C3)s2)c1. The van der Waals surface area contributed by atoms with Gasteiger partial charge in [-0.05, 0) is 54.5 Å². The van der Waals surface area contributed by atoms with Crippen molar-refractivity contribution in [3.05, 3.63) is 52.8 Å².